The second-order valence-electron chi connectivity index (χ2n) is 8.63. The first-order chi connectivity index (χ1) is 16.2. The van der Waals surface area contributed by atoms with Crippen LogP contribution in [0.1, 0.15) is 58.7 Å². The van der Waals surface area contributed by atoms with Gasteiger partial charge in [-0.3, -0.25) is 4.99 Å². The van der Waals surface area contributed by atoms with Gasteiger partial charge in [0.05, 0.1) is 16.4 Å². The maximum absolute atomic E-state index is 6.43. The van der Waals surface area contributed by atoms with Crippen molar-refractivity contribution in [3.8, 4) is 5.75 Å². The smallest absolute Gasteiger partial charge is 0.191 e. The van der Waals surface area contributed by atoms with Gasteiger partial charge in [0.25, 0.3) is 0 Å². The van der Waals surface area contributed by atoms with Gasteiger partial charge in [0.15, 0.2) is 5.90 Å². The van der Waals surface area contributed by atoms with Crippen LogP contribution in [0.2, 0.25) is 5.02 Å². The van der Waals surface area contributed by atoms with Crippen LogP contribution in [0.25, 0.3) is 12.3 Å². The molecule has 34 heavy (non-hydrogen) atoms. The molecule has 1 saturated carbocycles. The molecule has 2 aromatic rings. The topological polar surface area (TPSA) is 75.8 Å². The van der Waals surface area contributed by atoms with Gasteiger partial charge in [-0.25, -0.2) is 4.99 Å². The number of aromatic nitrogens is 1. The number of nitrogens with two attached hydrogens (primary N) is 1. The number of nitrogens with zero attached hydrogens (tertiary/aromatic N) is 2. The maximum atomic E-state index is 6.43. The largest absolute Gasteiger partial charge is 0.443 e. The molecule has 3 N–H and O–H groups in total. The second-order valence-corrected chi connectivity index (χ2v) is 9.00. The molecule has 5 nitrogen and oxygen atoms in total. The Morgan fingerprint density at radius 1 is 1.21 bits per heavy atom. The van der Waals surface area contributed by atoms with Gasteiger partial charge in [-0.1, -0.05) is 64.4 Å². The molecule has 1 heterocycles. The first kappa shape index (κ1) is 27.6. The summed E-state index contributed by atoms with van der Waals surface area (Å²) in [7, 11) is 0. The van der Waals surface area contributed by atoms with Crippen molar-refractivity contribution in [3.05, 3.63) is 57.7 Å². The van der Waals surface area contributed by atoms with Crippen LogP contribution in [0.3, 0.4) is 0 Å². The number of allylic oxidation sites excluding steroid dienone is 1. The van der Waals surface area contributed by atoms with Crippen LogP contribution < -0.4 is 21.0 Å². The molecule has 184 valence electrons. The number of rotatable bonds is 7. The average molecular weight is 483 g/mol. The Labute approximate surface area is 209 Å². The zero-order valence-corrected chi connectivity index (χ0v) is 22.2. The molecular formula is C28H39ClN4O. The zero-order chi connectivity index (χ0) is 25.4. The summed E-state index contributed by atoms with van der Waals surface area (Å²) < 4.78 is 5.84. The summed E-state index contributed by atoms with van der Waals surface area (Å²) in [6.07, 6.45) is 6.68. The van der Waals surface area contributed by atoms with Crippen LogP contribution in [0.15, 0.2) is 40.8 Å². The van der Waals surface area contributed by atoms with Crippen molar-refractivity contribution in [2.45, 2.75) is 66.8 Å². The van der Waals surface area contributed by atoms with Crippen LogP contribution in [0.4, 0.5) is 5.69 Å². The van der Waals surface area contributed by atoms with E-state index in [1.165, 1.54) is 12.8 Å². The number of ether oxygens (including phenoxy) is 1. The maximum Gasteiger partial charge on any atom is 0.191 e. The minimum absolute atomic E-state index is 0.527. The fourth-order valence-corrected chi connectivity index (χ4v) is 4.71. The average Bonchev–Trinajstić information content (AvgIpc) is 3.34. The molecule has 1 aromatic heterocycles. The predicted molar refractivity (Wildman–Crippen MR) is 148 cm³/mol. The highest BCUT2D eigenvalue weighted by atomic mass is 35.5. The lowest BCUT2D eigenvalue weighted by Crippen LogP contribution is -2.23. The molecule has 2 unspecified atom stereocenters. The number of nitrogens with one attached hydrogen (secondary N) is 1. The third-order valence-corrected chi connectivity index (χ3v) is 6.64. The normalized spacial score (nSPS) is 20.6. The highest BCUT2D eigenvalue weighted by molar-refractivity contribution is 6.31. The summed E-state index contributed by atoms with van der Waals surface area (Å²) in [5, 5.41) is 2.27. The van der Waals surface area contributed by atoms with Crippen molar-refractivity contribution in [3.63, 3.8) is 0 Å². The van der Waals surface area contributed by atoms with Crippen LogP contribution >= 0.6 is 11.6 Å². The van der Waals surface area contributed by atoms with Crippen LogP contribution in [-0.4, -0.2) is 23.1 Å². The molecule has 1 fully saturated rings. The lowest BCUT2D eigenvalue weighted by molar-refractivity contribution is 0.546. The van der Waals surface area contributed by atoms with E-state index in [0.29, 0.717) is 22.7 Å². The zero-order valence-electron chi connectivity index (χ0n) is 21.4. The lowest BCUT2D eigenvalue weighted by atomic mass is 10.2. The molecule has 1 aliphatic rings. The number of aromatic amines is 1. The van der Waals surface area contributed by atoms with Gasteiger partial charge in [-0.2, -0.15) is 0 Å². The molecule has 1 aliphatic carbocycles. The third kappa shape index (κ3) is 6.94. The number of aliphatic imine (C=N–C) groups is 2. The monoisotopic (exact) mass is 482 g/mol. The van der Waals surface area contributed by atoms with Crippen molar-refractivity contribution in [1.82, 2.24) is 4.98 Å². The van der Waals surface area contributed by atoms with E-state index >= 15 is 0 Å². The van der Waals surface area contributed by atoms with Crippen molar-refractivity contribution in [2.24, 2.45) is 27.6 Å². The SMILES string of the molecule is C=CC=Nc1ccc(OC(C)=N/C(C)=c2/c(Cl)c(CC)[nH]c2=C)cc1C.CCC1C(N)C1CC. The Balaban J connectivity index is 0.000000430. The minimum Gasteiger partial charge on any atom is -0.443 e. The lowest BCUT2D eigenvalue weighted by Gasteiger charge is -2.07. The minimum atomic E-state index is 0.527. The Morgan fingerprint density at radius 2 is 1.85 bits per heavy atom. The third-order valence-electron chi connectivity index (χ3n) is 6.22. The van der Waals surface area contributed by atoms with Crippen LogP contribution in [0.5, 0.6) is 5.75 Å². The Hall–Kier alpha value is -2.63. The molecule has 0 radical (unpaired) electrons. The highest BCUT2D eigenvalue weighted by Crippen LogP contribution is 2.41. The Bertz CT molecular complexity index is 1150. The van der Waals surface area contributed by atoms with Gasteiger partial charge in [0.2, 0.25) is 0 Å². The number of aryl methyl sites for hydroxylation is 2. The van der Waals surface area contributed by atoms with Gasteiger partial charge in [0.1, 0.15) is 5.75 Å². The van der Waals surface area contributed by atoms with E-state index in [-0.39, 0.29) is 0 Å². The number of hydrogen-bond donors (Lipinski definition) is 2. The van der Waals surface area contributed by atoms with Crippen molar-refractivity contribution in [2.75, 3.05) is 0 Å². The Morgan fingerprint density at radius 3 is 2.32 bits per heavy atom. The summed E-state index contributed by atoms with van der Waals surface area (Å²) in [5.41, 5.74) is 9.34. The quantitative estimate of drug-likeness (QED) is 0.384. The molecule has 3 rings (SSSR count). The molecular weight excluding hydrogens is 444 g/mol. The van der Waals surface area contributed by atoms with Crippen molar-refractivity contribution >= 4 is 41.7 Å². The molecule has 0 bridgehead atoms. The molecule has 0 saturated heterocycles. The van der Waals surface area contributed by atoms with Gasteiger partial charge in [0, 0.05) is 35.4 Å². The van der Waals surface area contributed by atoms with Crippen molar-refractivity contribution < 1.29 is 4.74 Å². The van der Waals surface area contributed by atoms with E-state index in [1.54, 1.807) is 12.3 Å². The summed E-state index contributed by atoms with van der Waals surface area (Å²) in [6.45, 7) is 19.8. The van der Waals surface area contributed by atoms with E-state index < -0.39 is 0 Å². The first-order valence-corrected chi connectivity index (χ1v) is 12.4. The van der Waals surface area contributed by atoms with E-state index in [2.05, 4.69) is 42.0 Å². The van der Waals surface area contributed by atoms with Crippen LogP contribution in [-0.2, 0) is 6.42 Å². The van der Waals surface area contributed by atoms with Gasteiger partial charge in [-0.15, -0.1) is 0 Å². The highest BCUT2D eigenvalue weighted by Gasteiger charge is 2.43. The van der Waals surface area contributed by atoms with E-state index in [1.807, 2.05) is 45.9 Å². The molecule has 1 aromatic carbocycles. The van der Waals surface area contributed by atoms with E-state index in [0.717, 1.165) is 51.5 Å². The first-order valence-electron chi connectivity index (χ1n) is 12.0. The number of halogens is 1. The van der Waals surface area contributed by atoms with Crippen LogP contribution in [0, 0.1) is 18.8 Å². The number of benzene rings is 1. The Kier molecular flexibility index (Phi) is 10.3. The molecule has 0 amide bonds. The standard InChI is InChI=1S/C21H24ClN3O.C7H15N/c1-7-11-23-19-10-9-17(12-13(19)3)26-16(6)24-14(4)20-15(5)25-18(8-2)21(20)22;1-3-5-6(4-2)7(5)8/h7,9-12,25H,1,5,8H2,2-4,6H3;5-7H,3-4,8H2,1-2H3/b20-14+,23-11?,24-16?;. The summed E-state index contributed by atoms with van der Waals surface area (Å²) >= 11 is 6.43. The fraction of sp³-hybridized carbons (Fsp3) is 0.429. The van der Waals surface area contributed by atoms with Gasteiger partial charge < -0.3 is 15.5 Å². The molecule has 6 heteroatoms. The van der Waals surface area contributed by atoms with E-state index in [9.17, 15) is 0 Å². The number of H-pyrrole nitrogens is 1. The fourth-order valence-electron chi connectivity index (χ4n) is 4.28. The van der Waals surface area contributed by atoms with Gasteiger partial charge in [-0.05, 0) is 55.9 Å². The molecule has 0 aliphatic heterocycles. The van der Waals surface area contributed by atoms with Crippen molar-refractivity contribution in [1.29, 1.82) is 0 Å². The summed E-state index contributed by atoms with van der Waals surface area (Å²) in [5.74, 6) is 2.96. The molecule has 0 spiro atoms. The summed E-state index contributed by atoms with van der Waals surface area (Å²) in [4.78, 5) is 12.0. The second kappa shape index (κ2) is 12.7. The number of hydrogen-bond acceptors (Lipinski definition) is 4. The summed E-state index contributed by atoms with van der Waals surface area (Å²) in [6, 6.07) is 6.24. The van der Waals surface area contributed by atoms with Gasteiger partial charge >= 0.3 is 0 Å². The molecule has 2 atom stereocenters. The van der Waals surface area contributed by atoms with E-state index in [4.69, 9.17) is 22.1 Å². The predicted octanol–water partition coefficient (Wildman–Crippen LogP) is 5.84.